The van der Waals surface area contributed by atoms with E-state index >= 15 is 0 Å². The summed E-state index contributed by atoms with van der Waals surface area (Å²) >= 11 is 12.6. The van der Waals surface area contributed by atoms with Crippen molar-refractivity contribution in [2.24, 2.45) is 5.10 Å². The first-order valence-corrected chi connectivity index (χ1v) is 15.0. The molecule has 1 aromatic heterocycles. The fourth-order valence-corrected chi connectivity index (χ4v) is 5.29. The molecule has 0 radical (unpaired) electrons. The molecule has 0 saturated heterocycles. The van der Waals surface area contributed by atoms with Crippen LogP contribution in [-0.4, -0.2) is 29.6 Å². The average Bonchev–Trinajstić information content (AvgIpc) is 3.00. The minimum atomic E-state index is -0.290. The number of para-hydroxylation sites is 1. The smallest absolute Gasteiger partial charge is 0.282 e. The third-order valence-corrected chi connectivity index (χ3v) is 7.68. The normalized spacial score (nSPS) is 11.5. The zero-order valence-corrected chi connectivity index (χ0v) is 26.7. The van der Waals surface area contributed by atoms with Crippen molar-refractivity contribution in [2.45, 2.75) is 40.2 Å². The molecule has 0 bridgehead atoms. The Morgan fingerprint density at radius 3 is 2.43 bits per heavy atom. The molecule has 44 heavy (non-hydrogen) atoms. The Labute approximate surface area is 266 Å². The topological polar surface area (TPSA) is 74.9 Å². The number of rotatable bonds is 10. The summed E-state index contributed by atoms with van der Waals surface area (Å²) in [5.74, 6) is 2.27. The maximum absolute atomic E-state index is 13.8. The first-order valence-electron chi connectivity index (χ1n) is 14.3. The van der Waals surface area contributed by atoms with Crippen LogP contribution in [0, 0.1) is 6.92 Å². The number of hydrogen-bond donors (Lipinski definition) is 0. The van der Waals surface area contributed by atoms with Gasteiger partial charge in [-0.15, -0.1) is 0 Å². The van der Waals surface area contributed by atoms with E-state index < -0.39 is 0 Å². The summed E-state index contributed by atoms with van der Waals surface area (Å²) in [6.45, 7) is 8.99. The Balaban J connectivity index is 1.58. The summed E-state index contributed by atoms with van der Waals surface area (Å²) in [4.78, 5) is 18.7. The van der Waals surface area contributed by atoms with Crippen LogP contribution >= 0.6 is 23.2 Å². The highest BCUT2D eigenvalue weighted by Crippen LogP contribution is 2.37. The van der Waals surface area contributed by atoms with Crippen molar-refractivity contribution in [3.8, 4) is 28.6 Å². The Morgan fingerprint density at radius 1 is 0.977 bits per heavy atom. The maximum atomic E-state index is 13.8. The molecule has 0 unspecified atom stereocenters. The number of methoxy groups -OCH3 is 1. The molecule has 0 amide bonds. The number of nitrogens with zero attached hydrogens (tertiary/aromatic N) is 3. The van der Waals surface area contributed by atoms with Crippen LogP contribution in [0.25, 0.3) is 22.3 Å². The highest BCUT2D eigenvalue weighted by atomic mass is 35.5. The van der Waals surface area contributed by atoms with Crippen molar-refractivity contribution in [2.75, 3.05) is 13.7 Å². The zero-order chi connectivity index (χ0) is 31.4. The summed E-state index contributed by atoms with van der Waals surface area (Å²) in [7, 11) is 1.54. The predicted octanol–water partition coefficient (Wildman–Crippen LogP) is 8.67. The molecule has 0 atom stereocenters. The lowest BCUT2D eigenvalue weighted by Gasteiger charge is -2.18. The van der Waals surface area contributed by atoms with Gasteiger partial charge >= 0.3 is 0 Å². The van der Waals surface area contributed by atoms with Gasteiger partial charge < -0.3 is 14.2 Å². The van der Waals surface area contributed by atoms with E-state index in [9.17, 15) is 4.79 Å². The van der Waals surface area contributed by atoms with Crippen LogP contribution in [0.2, 0.25) is 10.0 Å². The second-order valence-electron chi connectivity index (χ2n) is 10.6. The van der Waals surface area contributed by atoms with E-state index in [1.54, 1.807) is 43.7 Å². The summed E-state index contributed by atoms with van der Waals surface area (Å²) in [6, 6.07) is 22.1. The fraction of sp³-hybridized carbons (Fsp3) is 0.229. The Kier molecular flexibility index (Phi) is 9.57. The van der Waals surface area contributed by atoms with Gasteiger partial charge in [-0.1, -0.05) is 61.3 Å². The monoisotopic (exact) mass is 629 g/mol. The second-order valence-corrected chi connectivity index (χ2v) is 11.4. The summed E-state index contributed by atoms with van der Waals surface area (Å²) in [5, 5.41) is 6.09. The van der Waals surface area contributed by atoms with E-state index in [4.69, 9.17) is 42.4 Å². The van der Waals surface area contributed by atoms with E-state index in [1.165, 1.54) is 4.68 Å². The van der Waals surface area contributed by atoms with Gasteiger partial charge in [-0.2, -0.15) is 9.78 Å². The lowest BCUT2D eigenvalue weighted by atomic mass is 9.96. The van der Waals surface area contributed by atoms with E-state index in [1.807, 2.05) is 56.3 Å². The number of halogens is 2. The first-order chi connectivity index (χ1) is 21.2. The average molecular weight is 631 g/mol. The summed E-state index contributed by atoms with van der Waals surface area (Å²) in [6.07, 6.45) is 1.56. The Morgan fingerprint density at radius 2 is 1.73 bits per heavy atom. The van der Waals surface area contributed by atoms with Gasteiger partial charge in [-0.05, 0) is 90.6 Å². The van der Waals surface area contributed by atoms with Crippen molar-refractivity contribution in [3.63, 3.8) is 0 Å². The van der Waals surface area contributed by atoms with Crippen LogP contribution in [0.4, 0.5) is 0 Å². The summed E-state index contributed by atoms with van der Waals surface area (Å²) < 4.78 is 18.9. The highest BCUT2D eigenvalue weighted by molar-refractivity contribution is 6.32. The van der Waals surface area contributed by atoms with E-state index in [2.05, 4.69) is 18.9 Å². The van der Waals surface area contributed by atoms with Crippen LogP contribution in [0.5, 0.6) is 17.2 Å². The lowest BCUT2D eigenvalue weighted by Crippen LogP contribution is -2.21. The first kappa shape index (κ1) is 31.1. The molecule has 5 rings (SSSR count). The maximum Gasteiger partial charge on any atom is 0.282 e. The predicted molar refractivity (Wildman–Crippen MR) is 178 cm³/mol. The molecule has 5 aromatic rings. The molecule has 0 fully saturated rings. The van der Waals surface area contributed by atoms with E-state index in [0.29, 0.717) is 50.4 Å². The lowest BCUT2D eigenvalue weighted by molar-refractivity contribution is 0.284. The van der Waals surface area contributed by atoms with Crippen molar-refractivity contribution in [1.82, 2.24) is 9.66 Å². The summed E-state index contributed by atoms with van der Waals surface area (Å²) in [5.41, 5.74) is 4.57. The van der Waals surface area contributed by atoms with Gasteiger partial charge in [0, 0.05) is 10.6 Å². The molecule has 0 aliphatic heterocycles. The van der Waals surface area contributed by atoms with Crippen molar-refractivity contribution >= 4 is 40.3 Å². The minimum absolute atomic E-state index is 0.190. The van der Waals surface area contributed by atoms with E-state index in [0.717, 1.165) is 28.0 Å². The molecule has 226 valence electrons. The Hall–Kier alpha value is -4.33. The largest absolute Gasteiger partial charge is 0.494 e. The highest BCUT2D eigenvalue weighted by Gasteiger charge is 2.19. The molecule has 9 heteroatoms. The number of aromatic nitrogens is 2. The van der Waals surface area contributed by atoms with Crippen molar-refractivity contribution in [1.29, 1.82) is 0 Å². The van der Waals surface area contributed by atoms with Crippen LogP contribution in [0.15, 0.2) is 82.7 Å². The zero-order valence-electron chi connectivity index (χ0n) is 25.2. The number of aryl methyl sites for hydroxylation is 1. The van der Waals surface area contributed by atoms with Gasteiger partial charge in [0.1, 0.15) is 12.4 Å². The van der Waals surface area contributed by atoms with Gasteiger partial charge in [0.05, 0.1) is 35.9 Å². The number of benzene rings is 4. The van der Waals surface area contributed by atoms with Gasteiger partial charge in [0.2, 0.25) is 0 Å². The molecular formula is C35H33Cl2N3O4. The van der Waals surface area contributed by atoms with Gasteiger partial charge in [0.25, 0.3) is 5.56 Å². The molecule has 4 aromatic carbocycles. The third kappa shape index (κ3) is 6.59. The van der Waals surface area contributed by atoms with E-state index in [-0.39, 0.29) is 18.1 Å². The fourth-order valence-electron chi connectivity index (χ4n) is 4.89. The number of ether oxygens (including phenoxy) is 3. The molecule has 7 nitrogen and oxygen atoms in total. The molecule has 0 aliphatic rings. The third-order valence-electron chi connectivity index (χ3n) is 7.14. The van der Waals surface area contributed by atoms with Crippen molar-refractivity contribution in [3.05, 3.63) is 115 Å². The molecule has 0 saturated carbocycles. The van der Waals surface area contributed by atoms with Gasteiger partial charge in [0.15, 0.2) is 17.3 Å². The van der Waals surface area contributed by atoms with Crippen LogP contribution in [-0.2, 0) is 6.61 Å². The van der Waals surface area contributed by atoms with Crippen LogP contribution in [0.1, 0.15) is 48.9 Å². The van der Waals surface area contributed by atoms with Gasteiger partial charge in [-0.25, -0.2) is 4.98 Å². The molecule has 0 spiro atoms. The number of fused-ring (bicyclic) bond motifs is 1. The SMILES string of the molecule is CCOc1cc(C)c(-c2nc3ccccc3c(=O)n2N=Cc2cc(Cl)c(OCc3ccc(Cl)cc3)c(OC)c2)cc1C(C)C. The Bertz CT molecular complexity index is 1900. The van der Waals surface area contributed by atoms with Gasteiger partial charge in [-0.3, -0.25) is 4.79 Å². The quantitative estimate of drug-likeness (QED) is 0.144. The van der Waals surface area contributed by atoms with Crippen LogP contribution < -0.4 is 19.8 Å². The van der Waals surface area contributed by atoms with Crippen molar-refractivity contribution < 1.29 is 14.2 Å². The molecule has 1 heterocycles. The molecule has 0 aliphatic carbocycles. The van der Waals surface area contributed by atoms with Crippen LogP contribution in [0.3, 0.4) is 0 Å². The minimum Gasteiger partial charge on any atom is -0.494 e. The number of hydrogen-bond acceptors (Lipinski definition) is 6. The molecular weight excluding hydrogens is 597 g/mol. The standard InChI is InChI=1S/C35H33Cl2N3O4/c1-6-43-31-15-22(4)28(18-27(31)21(2)3)34-39-30-10-8-7-9-26(30)35(41)40(34)38-19-24-16-29(37)33(32(17-24)42-5)44-20-23-11-13-25(36)14-12-23/h7-19,21H,6,20H2,1-5H3. The second kappa shape index (κ2) is 13.5. The molecule has 0 N–H and O–H groups in total.